The number of hydrogen-bond donors (Lipinski definition) is 1. The molecule has 0 aromatic heterocycles. The molecule has 2 atom stereocenters. The fourth-order valence-electron chi connectivity index (χ4n) is 1.57. The van der Waals surface area contributed by atoms with Gasteiger partial charge >= 0.3 is 5.97 Å². The van der Waals surface area contributed by atoms with Crippen molar-refractivity contribution in [2.45, 2.75) is 45.8 Å². The molecule has 1 aliphatic rings. The predicted octanol–water partition coefficient (Wildman–Crippen LogP) is 1.22. The topological polar surface area (TPSA) is 62.1 Å². The summed E-state index contributed by atoms with van der Waals surface area (Å²) in [6, 6.07) is 1.88. The van der Waals surface area contributed by atoms with Crippen LogP contribution in [0.25, 0.3) is 0 Å². The minimum atomic E-state index is -0.468. The van der Waals surface area contributed by atoms with Crippen LogP contribution in [0.4, 0.5) is 0 Å². The molecular weight excluding hydrogens is 192 g/mol. The summed E-state index contributed by atoms with van der Waals surface area (Å²) in [7, 11) is 0. The Labute approximate surface area is 90.6 Å². The van der Waals surface area contributed by atoms with Gasteiger partial charge in [-0.1, -0.05) is 0 Å². The number of nitrogens with zero attached hydrogens (tertiary/aromatic N) is 1. The van der Waals surface area contributed by atoms with E-state index in [4.69, 9.17) is 10.00 Å². The van der Waals surface area contributed by atoms with Crippen molar-refractivity contribution in [3.05, 3.63) is 0 Å². The first-order valence-corrected chi connectivity index (χ1v) is 5.13. The highest BCUT2D eigenvalue weighted by Crippen LogP contribution is 2.28. The first-order chi connectivity index (χ1) is 6.76. The molecule has 4 nitrogen and oxygen atoms in total. The molecule has 0 spiro atoms. The molecule has 0 saturated carbocycles. The highest BCUT2D eigenvalue weighted by atomic mass is 16.6. The summed E-state index contributed by atoms with van der Waals surface area (Å²) in [6.07, 6.45) is 0.526. The average molecular weight is 210 g/mol. The van der Waals surface area contributed by atoms with Crippen molar-refractivity contribution in [2.24, 2.45) is 5.41 Å². The lowest BCUT2D eigenvalue weighted by Gasteiger charge is -2.22. The van der Waals surface area contributed by atoms with Crippen molar-refractivity contribution < 1.29 is 9.53 Å². The predicted molar refractivity (Wildman–Crippen MR) is 56.0 cm³/mol. The highest BCUT2D eigenvalue weighted by Gasteiger charge is 2.40. The third-order valence-corrected chi connectivity index (χ3v) is 2.35. The van der Waals surface area contributed by atoms with Gasteiger partial charge < -0.3 is 10.1 Å². The maximum absolute atomic E-state index is 11.7. The van der Waals surface area contributed by atoms with E-state index in [-0.39, 0.29) is 12.0 Å². The van der Waals surface area contributed by atoms with Crippen molar-refractivity contribution in [1.82, 2.24) is 5.32 Å². The van der Waals surface area contributed by atoms with Crippen LogP contribution < -0.4 is 5.32 Å². The molecule has 0 aromatic carbocycles. The van der Waals surface area contributed by atoms with Crippen LogP contribution in [0.5, 0.6) is 0 Å². The van der Waals surface area contributed by atoms with Gasteiger partial charge in [-0.05, 0) is 34.1 Å². The highest BCUT2D eigenvalue weighted by molar-refractivity contribution is 5.76. The Balaban J connectivity index is 2.56. The largest absolute Gasteiger partial charge is 0.459 e. The molecule has 1 rings (SSSR count). The van der Waals surface area contributed by atoms with Gasteiger partial charge in [-0.25, -0.2) is 0 Å². The molecule has 0 aliphatic carbocycles. The third kappa shape index (κ3) is 3.21. The van der Waals surface area contributed by atoms with E-state index < -0.39 is 11.0 Å². The van der Waals surface area contributed by atoms with E-state index in [2.05, 4.69) is 11.4 Å². The fourth-order valence-corrected chi connectivity index (χ4v) is 1.57. The van der Waals surface area contributed by atoms with Gasteiger partial charge in [0.15, 0.2) is 0 Å². The van der Waals surface area contributed by atoms with E-state index in [0.29, 0.717) is 13.0 Å². The molecule has 0 unspecified atom stereocenters. The van der Waals surface area contributed by atoms with Crippen molar-refractivity contribution in [1.29, 1.82) is 5.26 Å². The number of nitriles is 1. The summed E-state index contributed by atoms with van der Waals surface area (Å²) in [4.78, 5) is 11.7. The van der Waals surface area contributed by atoms with Crippen LogP contribution >= 0.6 is 0 Å². The fraction of sp³-hybridized carbons (Fsp3) is 0.818. The Hall–Kier alpha value is -1.08. The zero-order valence-electron chi connectivity index (χ0n) is 9.76. The zero-order valence-corrected chi connectivity index (χ0v) is 9.76. The van der Waals surface area contributed by atoms with Crippen LogP contribution in [0.3, 0.4) is 0 Å². The van der Waals surface area contributed by atoms with Gasteiger partial charge in [0.25, 0.3) is 0 Å². The van der Waals surface area contributed by atoms with Gasteiger partial charge in [0.1, 0.15) is 11.6 Å². The SMILES string of the molecule is CC(C)(C)OC(=O)[C@@H]1C[C@@](C)(C#N)CN1. The number of nitrogens with one attached hydrogen (secondary N) is 1. The molecular formula is C11H18N2O2. The number of esters is 1. The van der Waals surface area contributed by atoms with E-state index in [9.17, 15) is 4.79 Å². The Morgan fingerprint density at radius 1 is 1.60 bits per heavy atom. The summed E-state index contributed by atoms with van der Waals surface area (Å²) in [5.74, 6) is -0.263. The van der Waals surface area contributed by atoms with Crippen molar-refractivity contribution in [3.63, 3.8) is 0 Å². The maximum atomic E-state index is 11.7. The van der Waals surface area contributed by atoms with E-state index in [1.807, 2.05) is 27.7 Å². The molecule has 1 fully saturated rings. The van der Waals surface area contributed by atoms with Gasteiger partial charge in [-0.3, -0.25) is 4.79 Å². The van der Waals surface area contributed by atoms with Crippen LogP contribution in [0.2, 0.25) is 0 Å². The summed E-state index contributed by atoms with van der Waals surface area (Å²) in [6.45, 7) is 7.91. The third-order valence-electron chi connectivity index (χ3n) is 2.35. The van der Waals surface area contributed by atoms with Gasteiger partial charge in [-0.15, -0.1) is 0 Å². The minimum Gasteiger partial charge on any atom is -0.459 e. The van der Waals surface area contributed by atoms with Crippen LogP contribution in [-0.4, -0.2) is 24.2 Å². The molecule has 1 heterocycles. The smallest absolute Gasteiger partial charge is 0.323 e. The van der Waals surface area contributed by atoms with Crippen molar-refractivity contribution in [3.8, 4) is 6.07 Å². The van der Waals surface area contributed by atoms with Crippen molar-refractivity contribution >= 4 is 5.97 Å². The molecule has 0 bridgehead atoms. The van der Waals surface area contributed by atoms with E-state index in [1.165, 1.54) is 0 Å². The lowest BCUT2D eigenvalue weighted by molar-refractivity contribution is -0.157. The van der Waals surface area contributed by atoms with Crippen molar-refractivity contribution in [2.75, 3.05) is 6.54 Å². The number of ether oxygens (including phenoxy) is 1. The molecule has 1 saturated heterocycles. The quantitative estimate of drug-likeness (QED) is 0.661. The number of hydrogen-bond acceptors (Lipinski definition) is 4. The van der Waals surface area contributed by atoms with Crippen LogP contribution in [-0.2, 0) is 9.53 Å². The molecule has 0 radical (unpaired) electrons. The van der Waals surface area contributed by atoms with Crippen LogP contribution in [0.1, 0.15) is 34.1 Å². The van der Waals surface area contributed by atoms with Gasteiger partial charge in [0.05, 0.1) is 11.5 Å². The number of carbonyl (C=O) groups excluding carboxylic acids is 1. The van der Waals surface area contributed by atoms with Gasteiger partial charge in [0, 0.05) is 6.54 Å². The first kappa shape index (κ1) is 12.0. The maximum Gasteiger partial charge on any atom is 0.323 e. The Morgan fingerprint density at radius 3 is 2.60 bits per heavy atom. The second-order valence-electron chi connectivity index (χ2n) is 5.34. The van der Waals surface area contributed by atoms with Gasteiger partial charge in [-0.2, -0.15) is 5.26 Å². The Kier molecular flexibility index (Phi) is 3.05. The zero-order chi connectivity index (χ0) is 11.7. The average Bonchev–Trinajstić information content (AvgIpc) is 2.46. The molecule has 0 aromatic rings. The molecule has 84 valence electrons. The summed E-state index contributed by atoms with van der Waals surface area (Å²) >= 11 is 0. The minimum absolute atomic E-state index is 0.263. The molecule has 4 heteroatoms. The second-order valence-corrected chi connectivity index (χ2v) is 5.34. The summed E-state index contributed by atoms with van der Waals surface area (Å²) in [5.41, 5.74) is -0.911. The summed E-state index contributed by atoms with van der Waals surface area (Å²) in [5, 5.41) is 11.9. The summed E-state index contributed by atoms with van der Waals surface area (Å²) < 4.78 is 5.25. The normalized spacial score (nSPS) is 31.0. The number of rotatable bonds is 1. The van der Waals surface area contributed by atoms with E-state index in [0.717, 1.165) is 0 Å². The number of carbonyl (C=O) groups is 1. The molecule has 15 heavy (non-hydrogen) atoms. The molecule has 1 aliphatic heterocycles. The van der Waals surface area contributed by atoms with E-state index >= 15 is 0 Å². The van der Waals surface area contributed by atoms with Crippen LogP contribution in [0, 0.1) is 16.7 Å². The lowest BCUT2D eigenvalue weighted by Crippen LogP contribution is -2.37. The monoisotopic (exact) mass is 210 g/mol. The van der Waals surface area contributed by atoms with Gasteiger partial charge in [0.2, 0.25) is 0 Å². The Morgan fingerprint density at radius 2 is 2.20 bits per heavy atom. The Bertz CT molecular complexity index is 301. The standard InChI is InChI=1S/C11H18N2O2/c1-10(2,3)15-9(14)8-5-11(4,6-12)7-13-8/h8,13H,5,7H2,1-4H3/t8-,11-/m0/s1. The van der Waals surface area contributed by atoms with Crippen LogP contribution in [0.15, 0.2) is 0 Å². The van der Waals surface area contributed by atoms with E-state index in [1.54, 1.807) is 0 Å². The lowest BCUT2D eigenvalue weighted by atomic mass is 9.90. The molecule has 1 N–H and O–H groups in total. The second kappa shape index (κ2) is 3.82. The first-order valence-electron chi connectivity index (χ1n) is 5.13. The molecule has 0 amide bonds.